The molecule has 1 atom stereocenters. The predicted molar refractivity (Wildman–Crippen MR) is 113 cm³/mol. The molecule has 0 aliphatic heterocycles. The van der Waals surface area contributed by atoms with Gasteiger partial charge in [0.05, 0.1) is 7.11 Å². The molecule has 0 saturated heterocycles. The molecule has 0 heterocycles. The van der Waals surface area contributed by atoms with E-state index in [2.05, 4.69) is 38.1 Å². The summed E-state index contributed by atoms with van der Waals surface area (Å²) in [6, 6.07) is 8.27. The van der Waals surface area contributed by atoms with Crippen LogP contribution in [-0.4, -0.2) is 44.2 Å². The Hall–Kier alpha value is -1.26. The molecule has 0 bridgehead atoms. The van der Waals surface area contributed by atoms with Gasteiger partial charge in [0.15, 0.2) is 0 Å². The SMILES string of the molecule is CCCCC(=O)OC1(C(CN(C)C)c2ccc(OC)cc2)CCCCC1.Cl. The first kappa shape index (κ1) is 23.8. The number of hydrogen-bond acceptors (Lipinski definition) is 4. The molecule has 0 radical (unpaired) electrons. The summed E-state index contributed by atoms with van der Waals surface area (Å²) in [4.78, 5) is 14.7. The van der Waals surface area contributed by atoms with Crippen LogP contribution in [0, 0.1) is 0 Å². The Morgan fingerprint density at radius 2 is 1.78 bits per heavy atom. The van der Waals surface area contributed by atoms with Crippen molar-refractivity contribution in [3.63, 3.8) is 0 Å². The van der Waals surface area contributed by atoms with E-state index < -0.39 is 0 Å². The first-order valence-corrected chi connectivity index (χ1v) is 10.0. The average molecular weight is 398 g/mol. The van der Waals surface area contributed by atoms with Gasteiger partial charge in [-0.2, -0.15) is 0 Å². The summed E-state index contributed by atoms with van der Waals surface area (Å²) in [5.74, 6) is 0.996. The van der Waals surface area contributed by atoms with Gasteiger partial charge in [0.25, 0.3) is 0 Å². The molecule has 1 aliphatic carbocycles. The van der Waals surface area contributed by atoms with Gasteiger partial charge in [0, 0.05) is 18.9 Å². The summed E-state index contributed by atoms with van der Waals surface area (Å²) in [6.45, 7) is 2.98. The number of methoxy groups -OCH3 is 1. The van der Waals surface area contributed by atoms with Crippen LogP contribution in [0.3, 0.4) is 0 Å². The number of carbonyl (C=O) groups excluding carboxylic acids is 1. The maximum atomic E-state index is 12.5. The van der Waals surface area contributed by atoms with Crippen molar-refractivity contribution in [2.45, 2.75) is 69.8 Å². The number of rotatable bonds is 9. The lowest BCUT2D eigenvalue weighted by Gasteiger charge is -2.44. The molecule has 1 aromatic rings. The summed E-state index contributed by atoms with van der Waals surface area (Å²) >= 11 is 0. The van der Waals surface area contributed by atoms with Gasteiger partial charge in [-0.15, -0.1) is 12.4 Å². The zero-order valence-corrected chi connectivity index (χ0v) is 18.1. The fourth-order valence-corrected chi connectivity index (χ4v) is 4.05. The van der Waals surface area contributed by atoms with E-state index in [1.807, 2.05) is 12.1 Å². The van der Waals surface area contributed by atoms with Crippen LogP contribution in [0.2, 0.25) is 0 Å². The second-order valence-corrected chi connectivity index (χ2v) is 7.79. The van der Waals surface area contributed by atoms with Crippen LogP contribution in [0.25, 0.3) is 0 Å². The second-order valence-electron chi connectivity index (χ2n) is 7.79. The predicted octanol–water partition coefficient (Wildman–Crippen LogP) is 5.20. The smallest absolute Gasteiger partial charge is 0.306 e. The van der Waals surface area contributed by atoms with Gasteiger partial charge in [-0.3, -0.25) is 4.79 Å². The third-order valence-electron chi connectivity index (χ3n) is 5.45. The van der Waals surface area contributed by atoms with E-state index in [4.69, 9.17) is 9.47 Å². The van der Waals surface area contributed by atoms with Crippen molar-refractivity contribution in [1.29, 1.82) is 0 Å². The standard InChI is InChI=1S/C22H35NO3.ClH/c1-5-6-10-21(24)26-22(15-8-7-9-16-22)20(17-23(2)3)18-11-13-19(25-4)14-12-18;/h11-14,20H,5-10,15-17H2,1-4H3;1H. The fraction of sp³-hybridized carbons (Fsp3) is 0.682. The Labute approximate surface area is 171 Å². The fourth-order valence-electron chi connectivity index (χ4n) is 4.05. The molecule has 1 aromatic carbocycles. The molecular formula is C22H36ClNO3. The molecule has 5 heteroatoms. The monoisotopic (exact) mass is 397 g/mol. The van der Waals surface area contributed by atoms with Crippen molar-refractivity contribution >= 4 is 18.4 Å². The molecule has 0 aromatic heterocycles. The molecule has 27 heavy (non-hydrogen) atoms. The maximum Gasteiger partial charge on any atom is 0.306 e. The molecule has 4 nitrogen and oxygen atoms in total. The Bertz CT molecular complexity index is 553. The molecule has 1 saturated carbocycles. The summed E-state index contributed by atoms with van der Waals surface area (Å²) in [5, 5.41) is 0. The summed E-state index contributed by atoms with van der Waals surface area (Å²) in [7, 11) is 5.86. The third kappa shape index (κ3) is 6.69. The first-order valence-electron chi connectivity index (χ1n) is 10.0. The maximum absolute atomic E-state index is 12.5. The zero-order valence-electron chi connectivity index (χ0n) is 17.3. The van der Waals surface area contributed by atoms with Crippen molar-refractivity contribution in [1.82, 2.24) is 4.90 Å². The molecule has 154 valence electrons. The van der Waals surface area contributed by atoms with E-state index in [0.29, 0.717) is 6.42 Å². The van der Waals surface area contributed by atoms with Gasteiger partial charge in [-0.05, 0) is 63.9 Å². The highest BCUT2D eigenvalue weighted by Crippen LogP contribution is 2.44. The summed E-state index contributed by atoms with van der Waals surface area (Å²) in [6.07, 6.45) is 7.83. The van der Waals surface area contributed by atoms with Crippen molar-refractivity contribution in [2.24, 2.45) is 0 Å². The van der Waals surface area contributed by atoms with Gasteiger partial charge in [0.1, 0.15) is 11.4 Å². The van der Waals surface area contributed by atoms with Crippen LogP contribution in [0.1, 0.15) is 69.8 Å². The highest BCUT2D eigenvalue weighted by atomic mass is 35.5. The van der Waals surface area contributed by atoms with Gasteiger partial charge in [-0.25, -0.2) is 0 Å². The quantitative estimate of drug-likeness (QED) is 0.537. The third-order valence-corrected chi connectivity index (χ3v) is 5.45. The molecule has 0 spiro atoms. The van der Waals surface area contributed by atoms with Crippen molar-refractivity contribution in [3.05, 3.63) is 29.8 Å². The Kier molecular flexibility index (Phi) is 10.2. The van der Waals surface area contributed by atoms with Crippen molar-refractivity contribution in [3.8, 4) is 5.75 Å². The summed E-state index contributed by atoms with van der Waals surface area (Å²) < 4.78 is 11.6. The molecular weight excluding hydrogens is 362 g/mol. The number of benzene rings is 1. The van der Waals surface area contributed by atoms with Crippen LogP contribution in [0.4, 0.5) is 0 Å². The average Bonchev–Trinajstić information content (AvgIpc) is 2.65. The van der Waals surface area contributed by atoms with Gasteiger partial charge >= 0.3 is 5.97 Å². The number of nitrogens with zero attached hydrogens (tertiary/aromatic N) is 1. The molecule has 0 amide bonds. The summed E-state index contributed by atoms with van der Waals surface area (Å²) in [5.41, 5.74) is 0.840. The number of unbranched alkanes of at least 4 members (excludes halogenated alkanes) is 1. The minimum absolute atomic E-state index is 0. The first-order chi connectivity index (χ1) is 12.5. The van der Waals surface area contributed by atoms with Crippen LogP contribution in [0.5, 0.6) is 5.75 Å². The molecule has 1 aliphatic rings. The van der Waals surface area contributed by atoms with E-state index in [1.54, 1.807) is 7.11 Å². The number of halogens is 1. The minimum Gasteiger partial charge on any atom is -0.497 e. The molecule has 0 N–H and O–H groups in total. The van der Waals surface area contributed by atoms with Crippen LogP contribution < -0.4 is 4.74 Å². The van der Waals surface area contributed by atoms with E-state index in [1.165, 1.54) is 12.0 Å². The van der Waals surface area contributed by atoms with Gasteiger partial charge in [-0.1, -0.05) is 31.9 Å². The lowest BCUT2D eigenvalue weighted by Crippen LogP contribution is -2.46. The van der Waals surface area contributed by atoms with E-state index in [-0.39, 0.29) is 29.9 Å². The van der Waals surface area contributed by atoms with Crippen molar-refractivity contribution in [2.75, 3.05) is 27.7 Å². The second kappa shape index (κ2) is 11.6. The van der Waals surface area contributed by atoms with Crippen LogP contribution in [0.15, 0.2) is 24.3 Å². The normalized spacial score (nSPS) is 17.1. The van der Waals surface area contributed by atoms with Crippen molar-refractivity contribution < 1.29 is 14.3 Å². The van der Waals surface area contributed by atoms with E-state index in [0.717, 1.165) is 50.8 Å². The lowest BCUT2D eigenvalue weighted by molar-refractivity contribution is -0.167. The molecule has 1 fully saturated rings. The lowest BCUT2D eigenvalue weighted by atomic mass is 9.72. The number of esters is 1. The Balaban J connectivity index is 0.00000364. The van der Waals surface area contributed by atoms with E-state index >= 15 is 0 Å². The topological polar surface area (TPSA) is 38.8 Å². The largest absolute Gasteiger partial charge is 0.497 e. The zero-order chi connectivity index (χ0) is 19.0. The van der Waals surface area contributed by atoms with Gasteiger partial charge < -0.3 is 14.4 Å². The number of carbonyl (C=O) groups is 1. The minimum atomic E-state index is -0.387. The molecule has 2 rings (SSSR count). The number of likely N-dealkylation sites (N-methyl/N-ethyl adjacent to an activating group) is 1. The van der Waals surface area contributed by atoms with E-state index in [9.17, 15) is 4.79 Å². The molecule has 1 unspecified atom stereocenters. The number of hydrogen-bond donors (Lipinski definition) is 0. The van der Waals surface area contributed by atoms with Crippen LogP contribution >= 0.6 is 12.4 Å². The highest BCUT2D eigenvalue weighted by Gasteiger charge is 2.44. The Morgan fingerprint density at radius 1 is 1.15 bits per heavy atom. The van der Waals surface area contributed by atoms with Crippen LogP contribution in [-0.2, 0) is 9.53 Å². The number of ether oxygens (including phenoxy) is 2. The highest BCUT2D eigenvalue weighted by molar-refractivity contribution is 5.85. The van der Waals surface area contributed by atoms with Gasteiger partial charge in [0.2, 0.25) is 0 Å². The Morgan fingerprint density at radius 3 is 2.30 bits per heavy atom.